The molecule has 33 heavy (non-hydrogen) atoms. The summed E-state index contributed by atoms with van der Waals surface area (Å²) in [6, 6.07) is 10.9. The fourth-order valence-electron chi connectivity index (χ4n) is 3.17. The third-order valence-electron chi connectivity index (χ3n) is 4.85. The van der Waals surface area contributed by atoms with Crippen LogP contribution in [0.3, 0.4) is 0 Å². The first-order valence-corrected chi connectivity index (χ1v) is 11.9. The van der Waals surface area contributed by atoms with Gasteiger partial charge >= 0.3 is 0 Å². The number of hydrogen-bond acceptors (Lipinski definition) is 8. The highest BCUT2D eigenvalue weighted by molar-refractivity contribution is 7.13. The Morgan fingerprint density at radius 2 is 1.97 bits per heavy atom. The lowest BCUT2D eigenvalue weighted by Gasteiger charge is -2.08. The van der Waals surface area contributed by atoms with Crippen molar-refractivity contribution in [1.29, 1.82) is 0 Å². The molecule has 0 aliphatic carbocycles. The van der Waals surface area contributed by atoms with Crippen LogP contribution in [0.5, 0.6) is 11.5 Å². The number of thiophene rings is 1. The first-order valence-electron chi connectivity index (χ1n) is 10.1. The van der Waals surface area contributed by atoms with Crippen molar-refractivity contribution in [3.63, 3.8) is 0 Å². The number of aromatic nitrogens is 3. The van der Waals surface area contributed by atoms with Crippen molar-refractivity contribution < 1.29 is 14.3 Å². The highest BCUT2D eigenvalue weighted by atomic mass is 32.1. The van der Waals surface area contributed by atoms with E-state index in [2.05, 4.69) is 15.3 Å². The summed E-state index contributed by atoms with van der Waals surface area (Å²) in [6.45, 7) is 0.341. The minimum atomic E-state index is -0.261. The van der Waals surface area contributed by atoms with Gasteiger partial charge in [0.1, 0.15) is 11.6 Å². The van der Waals surface area contributed by atoms with Crippen LogP contribution in [0, 0.1) is 0 Å². The summed E-state index contributed by atoms with van der Waals surface area (Å²) in [6.07, 6.45) is 1.99. The van der Waals surface area contributed by atoms with E-state index < -0.39 is 0 Å². The van der Waals surface area contributed by atoms with Crippen LogP contribution in [-0.2, 0) is 17.8 Å². The van der Waals surface area contributed by atoms with Gasteiger partial charge in [0, 0.05) is 30.0 Å². The molecule has 4 aromatic rings. The van der Waals surface area contributed by atoms with Gasteiger partial charge in [-0.05, 0) is 29.6 Å². The first kappa shape index (κ1) is 22.7. The molecule has 0 radical (unpaired) electrons. The van der Waals surface area contributed by atoms with Gasteiger partial charge in [-0.2, -0.15) is 0 Å². The highest BCUT2D eigenvalue weighted by Crippen LogP contribution is 2.33. The number of carbonyl (C=O) groups excluding carboxylic acids is 1. The Morgan fingerprint density at radius 1 is 1.12 bits per heavy atom. The number of hydrogen-bond donors (Lipinski definition) is 1. The minimum absolute atomic E-state index is 0.0789. The Labute approximate surface area is 198 Å². The molecule has 1 aromatic carbocycles. The number of thiazole rings is 1. The molecule has 0 saturated heterocycles. The minimum Gasteiger partial charge on any atom is -0.493 e. The molecule has 0 fully saturated rings. The van der Waals surface area contributed by atoms with E-state index >= 15 is 0 Å². The molecule has 0 bridgehead atoms. The number of nitrogens with one attached hydrogen (secondary N) is 1. The van der Waals surface area contributed by atoms with E-state index in [1.54, 1.807) is 14.2 Å². The quantitative estimate of drug-likeness (QED) is 0.393. The predicted molar refractivity (Wildman–Crippen MR) is 129 cm³/mol. The maximum Gasteiger partial charge on any atom is 0.254 e. The van der Waals surface area contributed by atoms with Crippen molar-refractivity contribution in [2.24, 2.45) is 0 Å². The molecular weight excluding hydrogens is 460 g/mol. The summed E-state index contributed by atoms with van der Waals surface area (Å²) in [4.78, 5) is 34.4. The monoisotopic (exact) mass is 482 g/mol. The molecule has 170 valence electrons. The average molecular weight is 483 g/mol. The predicted octanol–water partition coefficient (Wildman–Crippen LogP) is 3.47. The number of carbonyl (C=O) groups is 1. The second-order valence-electron chi connectivity index (χ2n) is 7.03. The number of ether oxygens (including phenoxy) is 2. The second kappa shape index (κ2) is 10.4. The molecule has 0 spiro atoms. The Hall–Kier alpha value is -3.50. The van der Waals surface area contributed by atoms with E-state index in [1.165, 1.54) is 39.6 Å². The average Bonchev–Trinajstić information content (AvgIpc) is 3.52. The Balaban J connectivity index is 1.31. The molecule has 10 heteroatoms. The highest BCUT2D eigenvalue weighted by Gasteiger charge is 2.11. The van der Waals surface area contributed by atoms with E-state index in [0.29, 0.717) is 30.2 Å². The zero-order valence-corrected chi connectivity index (χ0v) is 19.7. The maximum atomic E-state index is 12.3. The normalized spacial score (nSPS) is 10.7. The van der Waals surface area contributed by atoms with Gasteiger partial charge in [0.2, 0.25) is 5.91 Å². The molecule has 4 rings (SSSR count). The molecule has 3 aromatic heterocycles. The third-order valence-corrected chi connectivity index (χ3v) is 6.69. The second-order valence-corrected chi connectivity index (χ2v) is 8.84. The summed E-state index contributed by atoms with van der Waals surface area (Å²) >= 11 is 3.04. The molecule has 0 unspecified atom stereocenters. The molecule has 0 aliphatic rings. The van der Waals surface area contributed by atoms with Crippen molar-refractivity contribution in [3.8, 4) is 32.6 Å². The van der Waals surface area contributed by atoms with E-state index in [0.717, 1.165) is 21.1 Å². The van der Waals surface area contributed by atoms with Crippen molar-refractivity contribution in [1.82, 2.24) is 19.9 Å². The van der Waals surface area contributed by atoms with E-state index in [1.807, 2.05) is 41.1 Å². The van der Waals surface area contributed by atoms with Crippen molar-refractivity contribution in [2.75, 3.05) is 20.8 Å². The number of benzene rings is 1. The lowest BCUT2D eigenvalue weighted by atomic mass is 10.2. The van der Waals surface area contributed by atoms with Gasteiger partial charge in [0.25, 0.3) is 5.56 Å². The molecule has 1 N–H and O–H groups in total. The zero-order valence-electron chi connectivity index (χ0n) is 18.1. The van der Waals surface area contributed by atoms with Gasteiger partial charge < -0.3 is 14.8 Å². The van der Waals surface area contributed by atoms with Gasteiger partial charge in [-0.3, -0.25) is 14.2 Å². The number of amides is 1. The van der Waals surface area contributed by atoms with Crippen LogP contribution in [0.1, 0.15) is 5.69 Å². The fourth-order valence-corrected chi connectivity index (χ4v) is 4.71. The van der Waals surface area contributed by atoms with Gasteiger partial charge in [-0.15, -0.1) is 22.7 Å². The summed E-state index contributed by atoms with van der Waals surface area (Å²) in [5, 5.41) is 7.59. The smallest absolute Gasteiger partial charge is 0.254 e. The fraction of sp³-hybridized carbons (Fsp3) is 0.217. The van der Waals surface area contributed by atoms with Crippen molar-refractivity contribution >= 4 is 28.6 Å². The first-order chi connectivity index (χ1) is 16.1. The number of methoxy groups -OCH3 is 2. The summed E-state index contributed by atoms with van der Waals surface area (Å²) < 4.78 is 11.9. The van der Waals surface area contributed by atoms with Crippen LogP contribution in [0.15, 0.2) is 58.3 Å². The van der Waals surface area contributed by atoms with Crippen LogP contribution in [0.4, 0.5) is 0 Å². The van der Waals surface area contributed by atoms with Gasteiger partial charge in [-0.1, -0.05) is 6.07 Å². The number of rotatable bonds is 9. The van der Waals surface area contributed by atoms with Crippen LogP contribution in [0.25, 0.3) is 21.1 Å². The summed E-state index contributed by atoms with van der Waals surface area (Å²) in [5.74, 6) is 1.06. The Kier molecular flexibility index (Phi) is 7.16. The Bertz CT molecular complexity index is 1300. The molecule has 0 aliphatic heterocycles. The van der Waals surface area contributed by atoms with Gasteiger partial charge in [0.05, 0.1) is 36.8 Å². The lowest BCUT2D eigenvalue weighted by Crippen LogP contribution is -2.33. The third kappa shape index (κ3) is 5.47. The lowest BCUT2D eigenvalue weighted by molar-refractivity contribution is -0.121. The molecule has 3 heterocycles. The Morgan fingerprint density at radius 3 is 2.70 bits per heavy atom. The van der Waals surface area contributed by atoms with Gasteiger partial charge in [0.15, 0.2) is 11.5 Å². The maximum absolute atomic E-state index is 12.3. The van der Waals surface area contributed by atoms with E-state index in [4.69, 9.17) is 9.47 Å². The van der Waals surface area contributed by atoms with Crippen LogP contribution in [0.2, 0.25) is 0 Å². The van der Waals surface area contributed by atoms with Crippen molar-refractivity contribution in [2.45, 2.75) is 13.0 Å². The molecule has 0 atom stereocenters. The number of nitrogens with zero attached hydrogens (tertiary/aromatic N) is 3. The summed E-state index contributed by atoms with van der Waals surface area (Å²) in [5.41, 5.74) is 2.16. The zero-order chi connectivity index (χ0) is 23.2. The standard InChI is InChI=1S/C23H22N4O4S2/c1-30-18-6-5-15(10-19(18)31-2)23-26-16(13-33-23)7-8-24-21(28)12-27-14-25-17(11-22(27)29)20-4-3-9-32-20/h3-6,9-11,13-14H,7-8,12H2,1-2H3,(H,24,28). The molecule has 0 saturated carbocycles. The van der Waals surface area contributed by atoms with E-state index in [9.17, 15) is 9.59 Å². The van der Waals surface area contributed by atoms with Crippen LogP contribution >= 0.6 is 22.7 Å². The SMILES string of the molecule is COc1ccc(-c2nc(CCNC(=O)Cn3cnc(-c4cccs4)cc3=O)cs2)cc1OC. The van der Waals surface area contributed by atoms with Crippen LogP contribution < -0.4 is 20.3 Å². The summed E-state index contributed by atoms with van der Waals surface area (Å²) in [7, 11) is 3.19. The molecule has 1 amide bonds. The van der Waals surface area contributed by atoms with Gasteiger partial charge in [-0.25, -0.2) is 9.97 Å². The topological polar surface area (TPSA) is 95.3 Å². The molecule has 8 nitrogen and oxygen atoms in total. The molecular formula is C23H22N4O4S2. The van der Waals surface area contributed by atoms with E-state index in [-0.39, 0.29) is 18.0 Å². The largest absolute Gasteiger partial charge is 0.493 e. The van der Waals surface area contributed by atoms with Crippen LogP contribution in [-0.4, -0.2) is 41.2 Å². The van der Waals surface area contributed by atoms with Crippen molar-refractivity contribution in [3.05, 3.63) is 69.5 Å².